The average molecular weight is 322 g/mol. The fourth-order valence-electron chi connectivity index (χ4n) is 2.14. The summed E-state index contributed by atoms with van der Waals surface area (Å²) < 4.78 is 27.7. The lowest BCUT2D eigenvalue weighted by Gasteiger charge is -2.11. The fraction of sp³-hybridized carbons (Fsp3) is 0.125. The van der Waals surface area contributed by atoms with Crippen LogP contribution in [0.25, 0.3) is 0 Å². The van der Waals surface area contributed by atoms with Crippen molar-refractivity contribution in [2.45, 2.75) is 11.3 Å². The van der Waals surface area contributed by atoms with E-state index in [9.17, 15) is 23.5 Å². The van der Waals surface area contributed by atoms with Crippen molar-refractivity contribution in [3.05, 3.63) is 64.2 Å². The smallest absolute Gasteiger partial charge is 0.336 e. The second kappa shape index (κ2) is 6.70. The van der Waals surface area contributed by atoms with E-state index in [0.29, 0.717) is 0 Å². The highest BCUT2D eigenvalue weighted by atomic mass is 32.2. The Hall–Kier alpha value is -2.21. The Morgan fingerprint density at radius 3 is 2.50 bits per heavy atom. The Labute approximate surface area is 130 Å². The van der Waals surface area contributed by atoms with Crippen LogP contribution >= 0.6 is 11.8 Å². The highest BCUT2D eigenvalue weighted by molar-refractivity contribution is 7.98. The molecule has 22 heavy (non-hydrogen) atoms. The van der Waals surface area contributed by atoms with Crippen molar-refractivity contribution in [2.24, 2.45) is 0 Å². The largest absolute Gasteiger partial charge is 0.478 e. The number of carboxylic acid groups (broad SMARTS) is 1. The van der Waals surface area contributed by atoms with E-state index in [1.165, 1.54) is 23.9 Å². The molecule has 0 saturated heterocycles. The van der Waals surface area contributed by atoms with Crippen molar-refractivity contribution in [1.82, 2.24) is 0 Å². The molecule has 0 spiro atoms. The number of hydrogen-bond acceptors (Lipinski definition) is 3. The predicted molar refractivity (Wildman–Crippen MR) is 79.7 cm³/mol. The van der Waals surface area contributed by atoms with Gasteiger partial charge in [0.1, 0.15) is 11.6 Å². The molecule has 0 aliphatic heterocycles. The third-order valence-electron chi connectivity index (χ3n) is 3.28. The van der Waals surface area contributed by atoms with Gasteiger partial charge >= 0.3 is 5.97 Å². The van der Waals surface area contributed by atoms with Gasteiger partial charge in [-0.1, -0.05) is 6.07 Å². The first kappa shape index (κ1) is 16.2. The summed E-state index contributed by atoms with van der Waals surface area (Å²) in [5.41, 5.74) is -0.391. The van der Waals surface area contributed by atoms with Crippen LogP contribution in [0.4, 0.5) is 8.78 Å². The van der Waals surface area contributed by atoms with Crippen LogP contribution in [0.15, 0.2) is 35.2 Å². The monoisotopic (exact) mass is 322 g/mol. The quantitative estimate of drug-likeness (QED) is 0.672. The zero-order valence-corrected chi connectivity index (χ0v) is 12.4. The van der Waals surface area contributed by atoms with Crippen LogP contribution in [0.3, 0.4) is 0 Å². The molecule has 3 nitrogen and oxygen atoms in total. The van der Waals surface area contributed by atoms with Gasteiger partial charge in [-0.3, -0.25) is 4.79 Å². The highest BCUT2D eigenvalue weighted by Crippen LogP contribution is 2.24. The Bertz CT molecular complexity index is 744. The standard InChI is InChI=1S/C16H12F2O3S/c1-22-10-3-2-9(15(18)7-10)6-12-11(16(20)21)4-5-14(17)13(12)8-19/h2-5,7-8H,6H2,1H3,(H,20,21). The van der Waals surface area contributed by atoms with Crippen molar-refractivity contribution >= 4 is 24.0 Å². The number of benzene rings is 2. The molecule has 2 aromatic carbocycles. The van der Waals surface area contributed by atoms with Gasteiger partial charge < -0.3 is 5.11 Å². The van der Waals surface area contributed by atoms with E-state index in [4.69, 9.17) is 0 Å². The first-order valence-electron chi connectivity index (χ1n) is 6.30. The van der Waals surface area contributed by atoms with E-state index in [1.807, 2.05) is 0 Å². The van der Waals surface area contributed by atoms with Crippen LogP contribution in [-0.2, 0) is 6.42 Å². The second-order valence-electron chi connectivity index (χ2n) is 4.54. The van der Waals surface area contributed by atoms with Crippen molar-refractivity contribution in [2.75, 3.05) is 6.26 Å². The molecule has 0 aliphatic carbocycles. The minimum atomic E-state index is -1.29. The van der Waals surface area contributed by atoms with Crippen molar-refractivity contribution in [3.63, 3.8) is 0 Å². The number of halogens is 2. The molecular formula is C16H12F2O3S. The number of carboxylic acids is 1. The third-order valence-corrected chi connectivity index (χ3v) is 4.00. The summed E-state index contributed by atoms with van der Waals surface area (Å²) in [4.78, 5) is 23.0. The molecular weight excluding hydrogens is 310 g/mol. The van der Waals surface area contributed by atoms with Gasteiger partial charge in [0.15, 0.2) is 6.29 Å². The molecule has 0 aliphatic rings. The third kappa shape index (κ3) is 3.17. The molecule has 0 aromatic heterocycles. The first-order chi connectivity index (χ1) is 10.5. The van der Waals surface area contributed by atoms with Crippen molar-refractivity contribution < 1.29 is 23.5 Å². The Morgan fingerprint density at radius 2 is 1.95 bits per heavy atom. The number of carbonyl (C=O) groups is 2. The highest BCUT2D eigenvalue weighted by Gasteiger charge is 2.19. The lowest BCUT2D eigenvalue weighted by molar-refractivity contribution is 0.0695. The summed E-state index contributed by atoms with van der Waals surface area (Å²) in [5, 5.41) is 9.17. The molecule has 0 radical (unpaired) electrons. The Kier molecular flexibility index (Phi) is 4.92. The molecule has 0 bridgehead atoms. The van der Waals surface area contributed by atoms with Crippen LogP contribution in [0.5, 0.6) is 0 Å². The number of rotatable bonds is 5. The maximum atomic E-state index is 14.0. The summed E-state index contributed by atoms with van der Waals surface area (Å²) in [6.07, 6.45) is 1.88. The van der Waals surface area contributed by atoms with Gasteiger partial charge in [0.2, 0.25) is 0 Å². The van der Waals surface area contributed by atoms with Crippen LogP contribution < -0.4 is 0 Å². The van der Waals surface area contributed by atoms with Gasteiger partial charge in [-0.2, -0.15) is 0 Å². The summed E-state index contributed by atoms with van der Waals surface area (Å²) in [7, 11) is 0. The van der Waals surface area contributed by atoms with Crippen LogP contribution in [0.2, 0.25) is 0 Å². The Morgan fingerprint density at radius 1 is 1.23 bits per heavy atom. The molecule has 114 valence electrons. The average Bonchev–Trinajstić information content (AvgIpc) is 2.49. The number of carbonyl (C=O) groups excluding carboxylic acids is 1. The van der Waals surface area contributed by atoms with Crippen LogP contribution in [0, 0.1) is 11.6 Å². The summed E-state index contributed by atoms with van der Waals surface area (Å²) in [6, 6.07) is 6.51. The lowest BCUT2D eigenvalue weighted by atomic mass is 9.94. The lowest BCUT2D eigenvalue weighted by Crippen LogP contribution is -2.09. The minimum absolute atomic E-state index is 0.0294. The first-order valence-corrected chi connectivity index (χ1v) is 7.52. The summed E-state index contributed by atoms with van der Waals surface area (Å²) >= 11 is 1.37. The van der Waals surface area contributed by atoms with Gasteiger partial charge in [0.25, 0.3) is 0 Å². The summed E-state index contributed by atoms with van der Waals surface area (Å²) in [6.45, 7) is 0. The molecule has 2 rings (SSSR count). The fourth-order valence-corrected chi connectivity index (χ4v) is 2.57. The molecule has 0 amide bonds. The number of aldehydes is 1. The molecule has 0 unspecified atom stereocenters. The SMILES string of the molecule is CSc1ccc(Cc2c(C(=O)O)ccc(F)c2C=O)c(F)c1. The van der Waals surface area contributed by atoms with E-state index < -0.39 is 17.6 Å². The Balaban J connectivity index is 2.55. The molecule has 0 heterocycles. The maximum Gasteiger partial charge on any atom is 0.336 e. The molecule has 1 N–H and O–H groups in total. The van der Waals surface area contributed by atoms with Crippen molar-refractivity contribution in [1.29, 1.82) is 0 Å². The second-order valence-corrected chi connectivity index (χ2v) is 5.42. The zero-order chi connectivity index (χ0) is 16.3. The van der Waals surface area contributed by atoms with E-state index in [2.05, 4.69) is 0 Å². The van der Waals surface area contributed by atoms with Gasteiger partial charge in [-0.15, -0.1) is 11.8 Å². The zero-order valence-electron chi connectivity index (χ0n) is 11.6. The van der Waals surface area contributed by atoms with Crippen molar-refractivity contribution in [3.8, 4) is 0 Å². The molecule has 0 saturated carbocycles. The molecule has 0 fully saturated rings. The van der Waals surface area contributed by atoms with Gasteiger partial charge in [0.05, 0.1) is 11.1 Å². The predicted octanol–water partition coefficient (Wildman–Crippen LogP) is 3.79. The van der Waals surface area contributed by atoms with Gasteiger partial charge in [-0.25, -0.2) is 13.6 Å². The van der Waals surface area contributed by atoms with E-state index in [-0.39, 0.29) is 35.0 Å². The van der Waals surface area contributed by atoms with Gasteiger partial charge in [0, 0.05) is 11.3 Å². The van der Waals surface area contributed by atoms with Crippen LogP contribution in [0.1, 0.15) is 31.8 Å². The number of hydrogen-bond donors (Lipinski definition) is 1. The normalized spacial score (nSPS) is 10.5. The minimum Gasteiger partial charge on any atom is -0.478 e. The molecule has 2 aromatic rings. The topological polar surface area (TPSA) is 54.4 Å². The number of aromatic carboxylic acids is 1. The molecule has 0 atom stereocenters. The van der Waals surface area contributed by atoms with E-state index in [1.54, 1.807) is 12.3 Å². The number of thioether (sulfide) groups is 1. The molecule has 6 heteroatoms. The van der Waals surface area contributed by atoms with Gasteiger partial charge in [-0.05, 0) is 41.6 Å². The van der Waals surface area contributed by atoms with E-state index in [0.717, 1.165) is 17.0 Å². The maximum absolute atomic E-state index is 14.0. The van der Waals surface area contributed by atoms with Crippen LogP contribution in [-0.4, -0.2) is 23.6 Å². The van der Waals surface area contributed by atoms with E-state index >= 15 is 0 Å². The summed E-state index contributed by atoms with van der Waals surface area (Å²) in [5.74, 6) is -2.64.